The second-order valence-corrected chi connectivity index (χ2v) is 4.56. The number of aromatic nitrogens is 4. The minimum absolute atomic E-state index is 0.713. The van der Waals surface area contributed by atoms with Gasteiger partial charge in [-0.3, -0.25) is 9.55 Å². The van der Waals surface area contributed by atoms with E-state index in [1.165, 1.54) is 0 Å². The van der Waals surface area contributed by atoms with Crippen LogP contribution in [-0.4, -0.2) is 19.7 Å². The van der Waals surface area contributed by atoms with E-state index >= 15 is 0 Å². The first-order valence-electron chi connectivity index (χ1n) is 5.87. The van der Waals surface area contributed by atoms with Gasteiger partial charge in [0, 0.05) is 29.5 Å². The fourth-order valence-corrected chi connectivity index (χ4v) is 2.01. The number of pyridine rings is 1. The largest absolute Gasteiger partial charge is 0.285 e. The summed E-state index contributed by atoms with van der Waals surface area (Å²) in [4.78, 5) is 4.01. The summed E-state index contributed by atoms with van der Waals surface area (Å²) in [5, 5.41) is 8.87. The van der Waals surface area contributed by atoms with E-state index in [0.717, 1.165) is 17.1 Å². The van der Waals surface area contributed by atoms with Crippen molar-refractivity contribution in [3.63, 3.8) is 0 Å². The van der Waals surface area contributed by atoms with Gasteiger partial charge in [0.25, 0.3) is 0 Å². The van der Waals surface area contributed by atoms with Crippen molar-refractivity contribution in [2.75, 3.05) is 0 Å². The van der Waals surface area contributed by atoms with Crippen molar-refractivity contribution in [3.8, 4) is 5.69 Å². The van der Waals surface area contributed by atoms with Crippen molar-refractivity contribution >= 4 is 11.6 Å². The maximum absolute atomic E-state index is 5.90. The van der Waals surface area contributed by atoms with Crippen molar-refractivity contribution < 1.29 is 0 Å². The summed E-state index contributed by atoms with van der Waals surface area (Å²) >= 11 is 5.90. The minimum Gasteiger partial charge on any atom is -0.285 e. The Labute approximate surface area is 115 Å². The van der Waals surface area contributed by atoms with Crippen LogP contribution in [0.25, 0.3) is 5.69 Å². The summed E-state index contributed by atoms with van der Waals surface area (Å²) in [6.45, 7) is 0. The first-order chi connectivity index (χ1) is 9.33. The smallest absolute Gasteiger partial charge is 0.141 e. The number of halogens is 1. The van der Waals surface area contributed by atoms with Gasteiger partial charge in [-0.2, -0.15) is 0 Å². The van der Waals surface area contributed by atoms with Crippen molar-refractivity contribution in [3.05, 3.63) is 71.5 Å². The van der Waals surface area contributed by atoms with E-state index in [0.29, 0.717) is 11.4 Å². The molecule has 0 aliphatic carbocycles. The molecular formula is C14H11ClN4. The van der Waals surface area contributed by atoms with Gasteiger partial charge >= 0.3 is 0 Å². The highest BCUT2D eigenvalue weighted by molar-refractivity contribution is 6.30. The Hall–Kier alpha value is -2.20. The molecule has 0 atom stereocenters. The molecule has 0 bridgehead atoms. The van der Waals surface area contributed by atoms with Crippen LogP contribution in [0.3, 0.4) is 0 Å². The first-order valence-corrected chi connectivity index (χ1v) is 6.24. The number of hydrogen-bond acceptors (Lipinski definition) is 3. The zero-order valence-corrected chi connectivity index (χ0v) is 10.8. The van der Waals surface area contributed by atoms with E-state index in [4.69, 9.17) is 11.6 Å². The summed E-state index contributed by atoms with van der Waals surface area (Å²) < 4.78 is 1.96. The van der Waals surface area contributed by atoms with Crippen LogP contribution in [-0.2, 0) is 6.42 Å². The summed E-state index contributed by atoms with van der Waals surface area (Å²) in [7, 11) is 0. The van der Waals surface area contributed by atoms with Crippen LogP contribution < -0.4 is 0 Å². The van der Waals surface area contributed by atoms with Gasteiger partial charge in [0.15, 0.2) is 0 Å². The van der Waals surface area contributed by atoms with Crippen LogP contribution in [0.2, 0.25) is 5.02 Å². The second kappa shape index (κ2) is 5.20. The van der Waals surface area contributed by atoms with Crippen molar-refractivity contribution in [1.82, 2.24) is 19.7 Å². The summed E-state index contributed by atoms with van der Waals surface area (Å²) in [5.74, 6) is 0.883. The van der Waals surface area contributed by atoms with Crippen molar-refractivity contribution in [2.45, 2.75) is 6.42 Å². The van der Waals surface area contributed by atoms with Crippen LogP contribution >= 0.6 is 11.6 Å². The molecule has 94 valence electrons. The molecule has 3 rings (SSSR count). The second-order valence-electron chi connectivity index (χ2n) is 4.13. The summed E-state index contributed by atoms with van der Waals surface area (Å²) in [6.07, 6.45) is 5.97. The first kappa shape index (κ1) is 11.9. The predicted molar refractivity (Wildman–Crippen MR) is 73.4 cm³/mol. The quantitative estimate of drug-likeness (QED) is 0.735. The third kappa shape index (κ3) is 2.63. The number of rotatable bonds is 3. The van der Waals surface area contributed by atoms with Crippen LogP contribution in [0.1, 0.15) is 11.4 Å². The molecule has 1 aromatic carbocycles. The van der Waals surface area contributed by atoms with Crippen molar-refractivity contribution in [2.24, 2.45) is 0 Å². The molecule has 0 amide bonds. The normalized spacial score (nSPS) is 10.6. The molecule has 4 nitrogen and oxygen atoms in total. The molecule has 19 heavy (non-hydrogen) atoms. The van der Waals surface area contributed by atoms with E-state index in [1.54, 1.807) is 18.7 Å². The molecule has 0 radical (unpaired) electrons. The van der Waals surface area contributed by atoms with E-state index < -0.39 is 0 Å². The molecular weight excluding hydrogens is 260 g/mol. The van der Waals surface area contributed by atoms with Crippen molar-refractivity contribution in [1.29, 1.82) is 0 Å². The Morgan fingerprint density at radius 3 is 2.47 bits per heavy atom. The molecule has 2 heterocycles. The lowest BCUT2D eigenvalue weighted by Crippen LogP contribution is -2.01. The van der Waals surface area contributed by atoms with Crippen LogP contribution in [0, 0.1) is 0 Å². The highest BCUT2D eigenvalue weighted by Gasteiger charge is 2.07. The molecule has 0 fully saturated rings. The summed E-state index contributed by atoms with van der Waals surface area (Å²) in [6, 6.07) is 11.5. The zero-order chi connectivity index (χ0) is 13.1. The molecule has 0 saturated carbocycles. The minimum atomic E-state index is 0.713. The van der Waals surface area contributed by atoms with Gasteiger partial charge in [-0.05, 0) is 42.0 Å². The predicted octanol–water partition coefficient (Wildman–Crippen LogP) is 2.91. The topological polar surface area (TPSA) is 43.6 Å². The molecule has 0 N–H and O–H groups in total. The highest BCUT2D eigenvalue weighted by Crippen LogP contribution is 2.15. The zero-order valence-electron chi connectivity index (χ0n) is 10.1. The van der Waals surface area contributed by atoms with Gasteiger partial charge in [0.1, 0.15) is 12.2 Å². The Morgan fingerprint density at radius 2 is 1.74 bits per heavy atom. The molecule has 3 aromatic rings. The fourth-order valence-electron chi connectivity index (χ4n) is 1.88. The molecule has 0 unspecified atom stereocenters. The van der Waals surface area contributed by atoms with Crippen LogP contribution in [0.4, 0.5) is 0 Å². The lowest BCUT2D eigenvalue weighted by Gasteiger charge is -2.06. The van der Waals surface area contributed by atoms with E-state index in [1.807, 2.05) is 41.0 Å². The average molecular weight is 271 g/mol. The average Bonchev–Trinajstić information content (AvgIpc) is 2.89. The van der Waals surface area contributed by atoms with Gasteiger partial charge in [-0.25, -0.2) is 0 Å². The van der Waals surface area contributed by atoms with Gasteiger partial charge in [0.2, 0.25) is 0 Å². The van der Waals surface area contributed by atoms with Gasteiger partial charge in [0.05, 0.1) is 0 Å². The van der Waals surface area contributed by atoms with Gasteiger partial charge < -0.3 is 0 Å². The maximum atomic E-state index is 5.90. The molecule has 2 aromatic heterocycles. The van der Waals surface area contributed by atoms with Gasteiger partial charge in [-0.1, -0.05) is 11.6 Å². The Bertz CT molecular complexity index is 661. The molecule has 0 saturated heterocycles. The maximum Gasteiger partial charge on any atom is 0.141 e. The Balaban J connectivity index is 1.92. The third-order valence-electron chi connectivity index (χ3n) is 2.83. The number of hydrogen-bond donors (Lipinski definition) is 0. The monoisotopic (exact) mass is 270 g/mol. The SMILES string of the molecule is Clc1ccc(-n2cnnc2Cc2ccncc2)cc1. The van der Waals surface area contributed by atoms with Crippen LogP contribution in [0.5, 0.6) is 0 Å². The molecule has 5 heteroatoms. The molecule has 0 aliphatic rings. The highest BCUT2D eigenvalue weighted by atomic mass is 35.5. The lowest BCUT2D eigenvalue weighted by molar-refractivity contribution is 0.904. The van der Waals surface area contributed by atoms with Gasteiger partial charge in [-0.15, -0.1) is 10.2 Å². The Morgan fingerprint density at radius 1 is 1.00 bits per heavy atom. The van der Waals surface area contributed by atoms with E-state index in [-0.39, 0.29) is 0 Å². The standard InChI is InChI=1S/C14H11ClN4/c15-12-1-3-13(4-2-12)19-10-17-18-14(19)9-11-5-7-16-8-6-11/h1-8,10H,9H2. The fraction of sp³-hybridized carbons (Fsp3) is 0.0714. The number of nitrogens with zero attached hydrogens (tertiary/aromatic N) is 4. The lowest BCUT2D eigenvalue weighted by atomic mass is 10.2. The summed E-state index contributed by atoms with van der Waals surface area (Å²) in [5.41, 5.74) is 2.15. The molecule has 0 aliphatic heterocycles. The number of benzene rings is 1. The van der Waals surface area contributed by atoms with E-state index in [2.05, 4.69) is 15.2 Å². The molecule has 0 spiro atoms. The third-order valence-corrected chi connectivity index (χ3v) is 3.09. The Kier molecular flexibility index (Phi) is 3.25. The van der Waals surface area contributed by atoms with Crippen LogP contribution in [0.15, 0.2) is 55.1 Å². The van der Waals surface area contributed by atoms with E-state index in [9.17, 15) is 0 Å².